The molecule has 0 saturated heterocycles. The average Bonchev–Trinajstić information content (AvgIpc) is 3.20. The smallest absolute Gasteiger partial charge is 0.355 e. The molecule has 4 aromatic rings. The van der Waals surface area contributed by atoms with Crippen LogP contribution in [0.15, 0.2) is 71.2 Å². The Labute approximate surface area is 173 Å². The fourth-order valence-corrected chi connectivity index (χ4v) is 4.54. The highest BCUT2D eigenvalue weighted by Gasteiger charge is 2.30. The standard InChI is InChI=1S/C19H13F3N4O2S2/c20-19(21,22)12-1-6-15-16(7-8-23-17(15)11-12)25-13-2-4-14(5-3-13)30(27,28)26-18-24-9-10-29-18/h1-11H,(H,23,25)(H,24,26). The molecule has 2 aromatic heterocycles. The topological polar surface area (TPSA) is 84.0 Å². The first-order chi connectivity index (χ1) is 14.2. The van der Waals surface area contributed by atoms with E-state index in [1.54, 1.807) is 23.6 Å². The fraction of sp³-hybridized carbons (Fsp3) is 0.0526. The summed E-state index contributed by atoms with van der Waals surface area (Å²) in [5.74, 6) is 0. The number of nitrogens with one attached hydrogen (secondary N) is 2. The van der Waals surface area contributed by atoms with Gasteiger partial charge in [-0.05, 0) is 42.5 Å². The summed E-state index contributed by atoms with van der Waals surface area (Å²) in [6, 6.07) is 10.9. The first kappa shape index (κ1) is 20.1. The highest BCUT2D eigenvalue weighted by molar-refractivity contribution is 7.93. The van der Waals surface area contributed by atoms with E-state index in [2.05, 4.69) is 20.0 Å². The number of nitrogens with zero attached hydrogens (tertiary/aromatic N) is 2. The van der Waals surface area contributed by atoms with E-state index in [9.17, 15) is 21.6 Å². The Bertz CT molecular complexity index is 1290. The quantitative estimate of drug-likeness (QED) is 0.434. The van der Waals surface area contributed by atoms with E-state index in [4.69, 9.17) is 0 Å². The molecule has 0 bridgehead atoms. The summed E-state index contributed by atoms with van der Waals surface area (Å²) in [6.45, 7) is 0. The van der Waals surface area contributed by atoms with E-state index in [0.29, 0.717) is 16.8 Å². The predicted octanol–water partition coefficient (Wildman–Crippen LogP) is 5.25. The lowest BCUT2D eigenvalue weighted by Crippen LogP contribution is -2.12. The van der Waals surface area contributed by atoms with Crippen LogP contribution in [0.4, 0.5) is 29.7 Å². The molecule has 0 fully saturated rings. The van der Waals surface area contributed by atoms with Crippen LogP contribution < -0.4 is 10.0 Å². The number of halogens is 3. The number of rotatable bonds is 5. The monoisotopic (exact) mass is 450 g/mol. The van der Waals surface area contributed by atoms with Gasteiger partial charge in [0.1, 0.15) is 0 Å². The van der Waals surface area contributed by atoms with Crippen LogP contribution in [-0.4, -0.2) is 18.4 Å². The SMILES string of the molecule is O=S(=O)(Nc1nccs1)c1ccc(Nc2ccnc3cc(C(F)(F)F)ccc23)cc1. The van der Waals surface area contributed by atoms with Gasteiger partial charge in [-0.3, -0.25) is 9.71 Å². The maximum absolute atomic E-state index is 12.9. The number of alkyl halides is 3. The Hall–Kier alpha value is -3.18. The maximum atomic E-state index is 12.9. The summed E-state index contributed by atoms with van der Waals surface area (Å²) < 4.78 is 65.9. The van der Waals surface area contributed by atoms with Gasteiger partial charge in [-0.15, -0.1) is 11.3 Å². The fourth-order valence-electron chi connectivity index (χ4n) is 2.75. The Morgan fingerprint density at radius 2 is 1.70 bits per heavy atom. The summed E-state index contributed by atoms with van der Waals surface area (Å²) in [6.07, 6.45) is -1.55. The van der Waals surface area contributed by atoms with Crippen LogP contribution in [0.1, 0.15) is 5.56 Å². The molecule has 6 nitrogen and oxygen atoms in total. The molecule has 0 atom stereocenters. The van der Waals surface area contributed by atoms with Gasteiger partial charge in [0.2, 0.25) is 0 Å². The van der Waals surface area contributed by atoms with Crippen molar-refractivity contribution in [2.45, 2.75) is 11.1 Å². The van der Waals surface area contributed by atoms with Crippen molar-refractivity contribution in [2.75, 3.05) is 10.0 Å². The van der Waals surface area contributed by atoms with Crippen molar-refractivity contribution in [3.8, 4) is 0 Å². The predicted molar refractivity (Wildman–Crippen MR) is 109 cm³/mol. The van der Waals surface area contributed by atoms with Gasteiger partial charge in [-0.1, -0.05) is 6.07 Å². The Balaban J connectivity index is 1.58. The normalized spacial score (nSPS) is 12.1. The van der Waals surface area contributed by atoms with E-state index in [1.165, 1.54) is 30.6 Å². The third-order valence-electron chi connectivity index (χ3n) is 4.17. The third kappa shape index (κ3) is 4.21. The summed E-state index contributed by atoms with van der Waals surface area (Å²) in [7, 11) is -3.77. The van der Waals surface area contributed by atoms with Crippen molar-refractivity contribution in [1.29, 1.82) is 0 Å². The highest BCUT2D eigenvalue weighted by Crippen LogP contribution is 2.33. The van der Waals surface area contributed by atoms with E-state index in [-0.39, 0.29) is 15.5 Å². The maximum Gasteiger partial charge on any atom is 0.416 e. The molecule has 2 aromatic carbocycles. The molecule has 0 unspecified atom stereocenters. The molecule has 0 aliphatic rings. The Morgan fingerprint density at radius 1 is 0.933 bits per heavy atom. The second-order valence-corrected chi connectivity index (χ2v) is 8.76. The summed E-state index contributed by atoms with van der Waals surface area (Å²) >= 11 is 1.16. The zero-order chi connectivity index (χ0) is 21.4. The van der Waals surface area contributed by atoms with Gasteiger partial charge >= 0.3 is 6.18 Å². The molecule has 0 aliphatic heterocycles. The van der Waals surface area contributed by atoms with E-state index in [1.807, 2.05) is 0 Å². The second kappa shape index (κ2) is 7.58. The van der Waals surface area contributed by atoms with Crippen molar-refractivity contribution >= 4 is 48.8 Å². The molecule has 2 N–H and O–H groups in total. The van der Waals surface area contributed by atoms with Crippen LogP contribution in [0.3, 0.4) is 0 Å². The number of sulfonamides is 1. The number of thiazole rings is 1. The van der Waals surface area contributed by atoms with Gasteiger partial charge in [0.25, 0.3) is 10.0 Å². The molecule has 30 heavy (non-hydrogen) atoms. The first-order valence-corrected chi connectivity index (χ1v) is 10.8. The van der Waals surface area contributed by atoms with Gasteiger partial charge in [0.05, 0.1) is 16.0 Å². The van der Waals surface area contributed by atoms with Crippen LogP contribution in [0.25, 0.3) is 10.9 Å². The largest absolute Gasteiger partial charge is 0.416 e. The van der Waals surface area contributed by atoms with Gasteiger partial charge in [0, 0.05) is 34.5 Å². The lowest BCUT2D eigenvalue weighted by atomic mass is 10.1. The summed E-state index contributed by atoms with van der Waals surface area (Å²) in [5.41, 5.74) is 0.532. The van der Waals surface area contributed by atoms with Crippen LogP contribution in [0.5, 0.6) is 0 Å². The molecule has 0 saturated carbocycles. The molecular weight excluding hydrogens is 437 g/mol. The average molecular weight is 450 g/mol. The van der Waals surface area contributed by atoms with E-state index < -0.39 is 21.8 Å². The molecular formula is C19H13F3N4O2S2. The number of benzene rings is 2. The molecule has 0 spiro atoms. The van der Waals surface area contributed by atoms with Gasteiger partial charge in [-0.2, -0.15) is 13.2 Å². The Kier molecular flexibility index (Phi) is 5.08. The van der Waals surface area contributed by atoms with Crippen molar-refractivity contribution in [2.24, 2.45) is 0 Å². The number of anilines is 3. The molecule has 154 valence electrons. The van der Waals surface area contributed by atoms with E-state index in [0.717, 1.165) is 23.5 Å². The van der Waals surface area contributed by atoms with E-state index >= 15 is 0 Å². The molecule has 2 heterocycles. The van der Waals surface area contributed by atoms with Gasteiger partial charge < -0.3 is 5.32 Å². The molecule has 0 aliphatic carbocycles. The zero-order valence-corrected chi connectivity index (χ0v) is 16.6. The highest BCUT2D eigenvalue weighted by atomic mass is 32.2. The number of aromatic nitrogens is 2. The van der Waals surface area contributed by atoms with Crippen LogP contribution in [-0.2, 0) is 16.2 Å². The second-order valence-electron chi connectivity index (χ2n) is 6.18. The number of fused-ring (bicyclic) bond motifs is 1. The minimum Gasteiger partial charge on any atom is -0.355 e. The minimum atomic E-state index is -4.45. The van der Waals surface area contributed by atoms with Crippen LogP contribution >= 0.6 is 11.3 Å². The first-order valence-electron chi connectivity index (χ1n) is 8.48. The summed E-state index contributed by atoms with van der Waals surface area (Å²) in [5, 5.41) is 5.51. The number of pyridine rings is 1. The van der Waals surface area contributed by atoms with Gasteiger partial charge in [-0.25, -0.2) is 13.4 Å². The lowest BCUT2D eigenvalue weighted by Gasteiger charge is -2.12. The molecule has 0 amide bonds. The number of hydrogen-bond acceptors (Lipinski definition) is 6. The summed E-state index contributed by atoms with van der Waals surface area (Å²) in [4.78, 5) is 7.95. The van der Waals surface area contributed by atoms with Crippen molar-refractivity contribution in [1.82, 2.24) is 9.97 Å². The number of hydrogen-bond donors (Lipinski definition) is 2. The van der Waals surface area contributed by atoms with Crippen molar-refractivity contribution < 1.29 is 21.6 Å². The van der Waals surface area contributed by atoms with Crippen LogP contribution in [0.2, 0.25) is 0 Å². The Morgan fingerprint density at radius 3 is 2.37 bits per heavy atom. The van der Waals surface area contributed by atoms with Gasteiger partial charge in [0.15, 0.2) is 5.13 Å². The van der Waals surface area contributed by atoms with Crippen LogP contribution in [0, 0.1) is 0 Å². The molecule has 4 rings (SSSR count). The van der Waals surface area contributed by atoms with Crippen molar-refractivity contribution in [3.05, 3.63) is 71.9 Å². The minimum absolute atomic E-state index is 0.0534. The molecule has 0 radical (unpaired) electrons. The third-order valence-corrected chi connectivity index (χ3v) is 6.34. The van der Waals surface area contributed by atoms with Crippen molar-refractivity contribution in [3.63, 3.8) is 0 Å². The lowest BCUT2D eigenvalue weighted by molar-refractivity contribution is -0.137. The molecule has 11 heteroatoms. The zero-order valence-electron chi connectivity index (χ0n) is 15.0.